The standard InChI is InChI=1S/C5H7NO/c1-3-2-4(3)5(6)7/h4H,1-2H2,(H2,6,7). The van der Waals surface area contributed by atoms with Crippen LogP contribution >= 0.6 is 0 Å². The molecule has 1 unspecified atom stereocenters. The van der Waals surface area contributed by atoms with Crippen LogP contribution in [0.25, 0.3) is 0 Å². The number of carbonyl (C=O) groups excluding carboxylic acids is 1. The Hall–Kier alpha value is -0.790. The second kappa shape index (κ2) is 1.09. The van der Waals surface area contributed by atoms with Crippen LogP contribution in [0.4, 0.5) is 0 Å². The van der Waals surface area contributed by atoms with Crippen molar-refractivity contribution in [3.63, 3.8) is 0 Å². The zero-order valence-corrected chi connectivity index (χ0v) is 3.98. The van der Waals surface area contributed by atoms with Crippen molar-refractivity contribution in [2.75, 3.05) is 0 Å². The highest BCUT2D eigenvalue weighted by Gasteiger charge is 2.32. The van der Waals surface area contributed by atoms with E-state index in [1.54, 1.807) is 0 Å². The monoisotopic (exact) mass is 97.1 g/mol. The fraction of sp³-hybridized carbons (Fsp3) is 0.400. The van der Waals surface area contributed by atoms with Crippen molar-refractivity contribution < 1.29 is 4.79 Å². The largest absolute Gasteiger partial charge is 0.369 e. The molecule has 0 heterocycles. The lowest BCUT2D eigenvalue weighted by Crippen LogP contribution is -2.12. The molecule has 0 aromatic carbocycles. The Labute approximate surface area is 42.0 Å². The summed E-state index contributed by atoms with van der Waals surface area (Å²) in [7, 11) is 0. The van der Waals surface area contributed by atoms with E-state index >= 15 is 0 Å². The lowest BCUT2D eigenvalue weighted by Gasteiger charge is -1.77. The topological polar surface area (TPSA) is 43.1 Å². The minimum absolute atomic E-state index is 0.0139. The zero-order valence-electron chi connectivity index (χ0n) is 3.98. The van der Waals surface area contributed by atoms with Crippen molar-refractivity contribution in [1.82, 2.24) is 0 Å². The Bertz CT molecular complexity index is 128. The van der Waals surface area contributed by atoms with Crippen molar-refractivity contribution in [2.24, 2.45) is 11.7 Å². The lowest BCUT2D eigenvalue weighted by atomic mass is 10.4. The molecule has 0 aliphatic heterocycles. The Balaban J connectivity index is 2.48. The van der Waals surface area contributed by atoms with E-state index < -0.39 is 0 Å². The first-order valence-corrected chi connectivity index (χ1v) is 2.19. The van der Waals surface area contributed by atoms with Crippen LogP contribution in [0.5, 0.6) is 0 Å². The molecule has 1 fully saturated rings. The van der Waals surface area contributed by atoms with Gasteiger partial charge in [0.2, 0.25) is 5.91 Å². The Kier molecular flexibility index (Phi) is 0.680. The number of rotatable bonds is 1. The normalized spacial score (nSPS) is 27.4. The van der Waals surface area contributed by atoms with Gasteiger partial charge in [-0.15, -0.1) is 0 Å². The van der Waals surface area contributed by atoms with E-state index in [0.717, 1.165) is 12.0 Å². The Morgan fingerprint density at radius 3 is 2.43 bits per heavy atom. The number of nitrogens with two attached hydrogens (primary N) is 1. The fourth-order valence-electron chi connectivity index (χ4n) is 0.505. The summed E-state index contributed by atoms with van der Waals surface area (Å²) in [5.41, 5.74) is 5.87. The molecule has 1 amide bonds. The van der Waals surface area contributed by atoms with E-state index in [-0.39, 0.29) is 11.8 Å². The van der Waals surface area contributed by atoms with E-state index in [0.29, 0.717) is 0 Å². The van der Waals surface area contributed by atoms with Gasteiger partial charge in [0.1, 0.15) is 0 Å². The van der Waals surface area contributed by atoms with Crippen LogP contribution in [0.2, 0.25) is 0 Å². The van der Waals surface area contributed by atoms with Gasteiger partial charge in [0.05, 0.1) is 5.92 Å². The summed E-state index contributed by atoms with van der Waals surface area (Å²) >= 11 is 0. The molecule has 0 aromatic rings. The van der Waals surface area contributed by atoms with E-state index in [9.17, 15) is 4.79 Å². The summed E-state index contributed by atoms with van der Waals surface area (Å²) in [6.45, 7) is 3.57. The summed E-state index contributed by atoms with van der Waals surface area (Å²) < 4.78 is 0. The third-order valence-electron chi connectivity index (χ3n) is 1.14. The molecule has 0 radical (unpaired) electrons. The third-order valence-corrected chi connectivity index (χ3v) is 1.14. The van der Waals surface area contributed by atoms with Gasteiger partial charge in [0.25, 0.3) is 0 Å². The molecule has 0 saturated heterocycles. The van der Waals surface area contributed by atoms with Gasteiger partial charge in [0, 0.05) is 0 Å². The number of hydrogen-bond donors (Lipinski definition) is 1. The second-order valence-electron chi connectivity index (χ2n) is 1.82. The molecule has 38 valence electrons. The molecule has 1 saturated carbocycles. The average Bonchev–Trinajstić information content (AvgIpc) is 2.17. The number of carbonyl (C=O) groups is 1. The highest BCUT2D eigenvalue weighted by atomic mass is 16.1. The van der Waals surface area contributed by atoms with Crippen LogP contribution in [-0.4, -0.2) is 5.91 Å². The maximum Gasteiger partial charge on any atom is 0.224 e. The van der Waals surface area contributed by atoms with E-state index in [1.165, 1.54) is 0 Å². The molecule has 1 aliphatic rings. The van der Waals surface area contributed by atoms with Gasteiger partial charge in [-0.3, -0.25) is 4.79 Å². The van der Waals surface area contributed by atoms with Gasteiger partial charge in [-0.25, -0.2) is 0 Å². The Morgan fingerprint density at radius 2 is 2.43 bits per heavy atom. The summed E-state index contributed by atoms with van der Waals surface area (Å²) in [5, 5.41) is 0. The number of primary amides is 1. The van der Waals surface area contributed by atoms with Crippen LogP contribution in [-0.2, 0) is 4.79 Å². The van der Waals surface area contributed by atoms with Crippen LogP contribution in [0.15, 0.2) is 12.2 Å². The number of hydrogen-bond acceptors (Lipinski definition) is 1. The molecule has 1 atom stereocenters. The highest BCUT2D eigenvalue weighted by molar-refractivity contribution is 5.84. The smallest absolute Gasteiger partial charge is 0.224 e. The van der Waals surface area contributed by atoms with Gasteiger partial charge in [0.15, 0.2) is 0 Å². The summed E-state index contributed by atoms with van der Waals surface area (Å²) in [5.74, 6) is -0.218. The molecular weight excluding hydrogens is 90.1 g/mol. The van der Waals surface area contributed by atoms with E-state index in [1.807, 2.05) is 0 Å². The minimum atomic E-state index is -0.231. The molecule has 0 aromatic heterocycles. The maximum absolute atomic E-state index is 10.1. The third kappa shape index (κ3) is 0.633. The van der Waals surface area contributed by atoms with E-state index in [2.05, 4.69) is 6.58 Å². The average molecular weight is 97.1 g/mol. The van der Waals surface area contributed by atoms with Crippen LogP contribution in [0.1, 0.15) is 6.42 Å². The van der Waals surface area contributed by atoms with Gasteiger partial charge < -0.3 is 5.73 Å². The molecular formula is C5H7NO. The molecule has 2 nitrogen and oxygen atoms in total. The van der Waals surface area contributed by atoms with Crippen molar-refractivity contribution in [3.8, 4) is 0 Å². The highest BCUT2D eigenvalue weighted by Crippen LogP contribution is 2.34. The van der Waals surface area contributed by atoms with Crippen molar-refractivity contribution in [3.05, 3.63) is 12.2 Å². The van der Waals surface area contributed by atoms with Crippen LogP contribution in [0, 0.1) is 5.92 Å². The first kappa shape index (κ1) is 4.37. The van der Waals surface area contributed by atoms with Gasteiger partial charge in [-0.1, -0.05) is 12.2 Å². The molecule has 1 rings (SSSR count). The summed E-state index contributed by atoms with van der Waals surface area (Å²) in [6.07, 6.45) is 0.815. The maximum atomic E-state index is 10.1. The fourth-order valence-corrected chi connectivity index (χ4v) is 0.505. The van der Waals surface area contributed by atoms with Crippen LogP contribution < -0.4 is 5.73 Å². The predicted molar refractivity (Wildman–Crippen MR) is 26.4 cm³/mol. The Morgan fingerprint density at radius 1 is 2.00 bits per heavy atom. The second-order valence-corrected chi connectivity index (χ2v) is 1.82. The zero-order chi connectivity index (χ0) is 5.44. The molecule has 1 aliphatic carbocycles. The first-order chi connectivity index (χ1) is 3.22. The van der Waals surface area contributed by atoms with Gasteiger partial charge >= 0.3 is 0 Å². The lowest BCUT2D eigenvalue weighted by molar-refractivity contribution is -0.118. The SMILES string of the molecule is C=C1CC1C(N)=O. The first-order valence-electron chi connectivity index (χ1n) is 2.19. The molecule has 0 bridgehead atoms. The molecule has 2 N–H and O–H groups in total. The van der Waals surface area contributed by atoms with Gasteiger partial charge in [-0.2, -0.15) is 0 Å². The van der Waals surface area contributed by atoms with Crippen LogP contribution in [0.3, 0.4) is 0 Å². The summed E-state index contributed by atoms with van der Waals surface area (Å²) in [4.78, 5) is 10.1. The molecule has 7 heavy (non-hydrogen) atoms. The summed E-state index contributed by atoms with van der Waals surface area (Å²) in [6, 6.07) is 0. The molecule has 0 spiro atoms. The number of amides is 1. The minimum Gasteiger partial charge on any atom is -0.369 e. The van der Waals surface area contributed by atoms with Crippen molar-refractivity contribution >= 4 is 5.91 Å². The van der Waals surface area contributed by atoms with Crippen molar-refractivity contribution in [2.45, 2.75) is 6.42 Å². The van der Waals surface area contributed by atoms with Crippen molar-refractivity contribution in [1.29, 1.82) is 0 Å². The predicted octanol–water partition coefficient (Wildman–Crippen LogP) is 0.0478. The quantitative estimate of drug-likeness (QED) is 0.461. The molecule has 2 heteroatoms. The van der Waals surface area contributed by atoms with E-state index in [4.69, 9.17) is 5.73 Å². The van der Waals surface area contributed by atoms with Gasteiger partial charge in [-0.05, 0) is 6.42 Å².